The van der Waals surface area contributed by atoms with E-state index in [1.54, 1.807) is 19.0 Å². The van der Waals surface area contributed by atoms with Crippen molar-refractivity contribution in [3.63, 3.8) is 0 Å². The van der Waals surface area contributed by atoms with Crippen LogP contribution < -0.4 is 5.73 Å². The minimum atomic E-state index is -0.422. The predicted octanol–water partition coefficient (Wildman–Crippen LogP) is 4.40. The molecule has 1 fully saturated rings. The van der Waals surface area contributed by atoms with E-state index < -0.39 is 6.17 Å². The molecule has 1 atom stereocenters. The van der Waals surface area contributed by atoms with Gasteiger partial charge in [-0.15, -0.1) is 0 Å². The van der Waals surface area contributed by atoms with Gasteiger partial charge in [-0.05, 0) is 86.7 Å². The lowest BCUT2D eigenvalue weighted by atomic mass is 9.88. The van der Waals surface area contributed by atoms with Gasteiger partial charge < -0.3 is 15.5 Å². The van der Waals surface area contributed by atoms with Crippen molar-refractivity contribution >= 4 is 17.6 Å². The van der Waals surface area contributed by atoms with Crippen molar-refractivity contribution in [1.29, 1.82) is 5.26 Å². The van der Waals surface area contributed by atoms with Crippen LogP contribution in [-0.4, -0.2) is 72.5 Å². The number of aromatic nitrogens is 1. The molecule has 1 unspecified atom stereocenters. The Balaban J connectivity index is 1.43. The number of likely N-dealkylation sites (N-methyl/N-ethyl adjacent to an activating group) is 1. The van der Waals surface area contributed by atoms with Crippen LogP contribution in [0.1, 0.15) is 58.4 Å². The van der Waals surface area contributed by atoms with E-state index in [1.807, 2.05) is 55.5 Å². The maximum atomic E-state index is 12.2. The first-order valence-electron chi connectivity index (χ1n) is 13.2. The molecule has 1 saturated heterocycles. The fourth-order valence-corrected chi connectivity index (χ4v) is 5.29. The molecule has 1 aromatic carbocycles. The van der Waals surface area contributed by atoms with E-state index in [2.05, 4.69) is 41.1 Å². The van der Waals surface area contributed by atoms with Crippen molar-refractivity contribution in [3.05, 3.63) is 87.9 Å². The first-order valence-corrected chi connectivity index (χ1v) is 13.2. The van der Waals surface area contributed by atoms with Crippen LogP contribution in [0.4, 0.5) is 0 Å². The first kappa shape index (κ1) is 27.3. The number of rotatable bonds is 6. The molecule has 0 spiro atoms. The Bertz CT molecular complexity index is 1310. The Morgan fingerprint density at radius 1 is 1.21 bits per heavy atom. The number of likely N-dealkylation sites (tertiary alicyclic amines) is 1. The number of nitriles is 1. The molecule has 2 N–H and O–H groups in total. The number of benzene rings is 1. The Kier molecular flexibility index (Phi) is 8.45. The molecule has 2 aliphatic rings. The van der Waals surface area contributed by atoms with Crippen LogP contribution in [0, 0.1) is 18.3 Å². The van der Waals surface area contributed by atoms with Gasteiger partial charge >= 0.3 is 0 Å². The lowest BCUT2D eigenvalue weighted by Gasteiger charge is -2.32. The van der Waals surface area contributed by atoms with Crippen LogP contribution in [0.15, 0.2) is 60.0 Å². The summed E-state index contributed by atoms with van der Waals surface area (Å²) < 4.78 is 0. The number of piperidine rings is 1. The number of carbonyl (C=O) groups is 1. The standard InChI is InChI=1S/C31H38N6O/c1-21(16-29-22(2)34-13-10-28(29)27-17-26(18-32)30(33)36(5)20-27)19-37-14-11-24(12-15-37)23-6-8-25(9-7-23)31(38)35(3)4/h6-10,13,16-17,20,24,30H,11-12,14-15,19,33H2,1-5H3/b21-16+. The normalized spacial score (nSPS) is 19.0. The Labute approximate surface area is 226 Å². The largest absolute Gasteiger partial charge is 0.360 e. The maximum Gasteiger partial charge on any atom is 0.253 e. The minimum Gasteiger partial charge on any atom is -0.360 e. The Hall–Kier alpha value is -3.73. The highest BCUT2D eigenvalue weighted by atomic mass is 16.2. The van der Waals surface area contributed by atoms with E-state index in [1.165, 1.54) is 11.1 Å². The van der Waals surface area contributed by atoms with Gasteiger partial charge in [-0.3, -0.25) is 14.7 Å². The van der Waals surface area contributed by atoms with Crippen LogP contribution >= 0.6 is 0 Å². The van der Waals surface area contributed by atoms with E-state index in [0.717, 1.165) is 60.4 Å². The molecule has 2 aromatic rings. The third kappa shape index (κ3) is 6.04. The van der Waals surface area contributed by atoms with Crippen LogP contribution in [0.2, 0.25) is 0 Å². The van der Waals surface area contributed by atoms with E-state index in [4.69, 9.17) is 5.73 Å². The quantitative estimate of drug-likeness (QED) is 0.620. The summed E-state index contributed by atoms with van der Waals surface area (Å²) in [6, 6.07) is 12.4. The van der Waals surface area contributed by atoms with Crippen LogP contribution in [0.3, 0.4) is 0 Å². The van der Waals surface area contributed by atoms with Gasteiger partial charge in [0.2, 0.25) is 0 Å². The summed E-state index contributed by atoms with van der Waals surface area (Å²) in [5.74, 6) is 0.562. The molecule has 0 radical (unpaired) electrons. The molecule has 0 bridgehead atoms. The molecule has 38 heavy (non-hydrogen) atoms. The monoisotopic (exact) mass is 510 g/mol. The van der Waals surface area contributed by atoms with Gasteiger partial charge in [0.1, 0.15) is 6.17 Å². The van der Waals surface area contributed by atoms with Crippen molar-refractivity contribution in [2.75, 3.05) is 40.8 Å². The zero-order valence-electron chi connectivity index (χ0n) is 23.1. The number of carbonyl (C=O) groups excluding carboxylic acids is 1. The predicted molar refractivity (Wildman–Crippen MR) is 153 cm³/mol. The average molecular weight is 511 g/mol. The van der Waals surface area contributed by atoms with Gasteiger partial charge in [-0.25, -0.2) is 0 Å². The van der Waals surface area contributed by atoms with Gasteiger partial charge in [0.25, 0.3) is 5.91 Å². The highest BCUT2D eigenvalue weighted by molar-refractivity contribution is 5.93. The average Bonchev–Trinajstić information content (AvgIpc) is 2.91. The lowest BCUT2D eigenvalue weighted by Crippen LogP contribution is -2.38. The van der Waals surface area contributed by atoms with Crippen LogP contribution in [-0.2, 0) is 0 Å². The Morgan fingerprint density at radius 3 is 2.53 bits per heavy atom. The highest BCUT2D eigenvalue weighted by Crippen LogP contribution is 2.31. The van der Waals surface area contributed by atoms with Crippen molar-refractivity contribution in [2.45, 2.75) is 38.8 Å². The van der Waals surface area contributed by atoms with Gasteiger partial charge in [-0.2, -0.15) is 5.26 Å². The topological polar surface area (TPSA) is 89.5 Å². The van der Waals surface area contributed by atoms with Crippen LogP contribution in [0.5, 0.6) is 0 Å². The first-order chi connectivity index (χ1) is 18.2. The number of allylic oxidation sites excluding steroid dienone is 2. The highest BCUT2D eigenvalue weighted by Gasteiger charge is 2.23. The summed E-state index contributed by atoms with van der Waals surface area (Å²) in [6.45, 7) is 7.18. The summed E-state index contributed by atoms with van der Waals surface area (Å²) >= 11 is 0. The number of nitrogens with zero attached hydrogens (tertiary/aromatic N) is 5. The zero-order chi connectivity index (χ0) is 27.4. The summed E-state index contributed by atoms with van der Waals surface area (Å²) in [5.41, 5.74) is 14.1. The molecule has 1 aromatic heterocycles. The number of hydrogen-bond acceptors (Lipinski definition) is 6. The second-order valence-corrected chi connectivity index (χ2v) is 10.6. The molecule has 2 aliphatic heterocycles. The fourth-order valence-electron chi connectivity index (χ4n) is 5.29. The van der Waals surface area contributed by atoms with Gasteiger partial charge in [0, 0.05) is 56.9 Å². The smallest absolute Gasteiger partial charge is 0.253 e. The van der Waals surface area contributed by atoms with E-state index in [-0.39, 0.29) is 5.91 Å². The molecule has 3 heterocycles. The molecule has 0 aliphatic carbocycles. The van der Waals surface area contributed by atoms with E-state index in [0.29, 0.717) is 11.5 Å². The third-order valence-electron chi connectivity index (χ3n) is 7.53. The maximum absolute atomic E-state index is 12.2. The molecule has 0 saturated carbocycles. The van der Waals surface area contributed by atoms with Crippen molar-refractivity contribution in [3.8, 4) is 6.07 Å². The number of pyridine rings is 1. The summed E-state index contributed by atoms with van der Waals surface area (Å²) in [5, 5.41) is 9.54. The van der Waals surface area contributed by atoms with Crippen molar-refractivity contribution in [2.24, 2.45) is 5.73 Å². The number of amides is 1. The van der Waals surface area contributed by atoms with Gasteiger partial charge in [0.15, 0.2) is 0 Å². The minimum absolute atomic E-state index is 0.0394. The van der Waals surface area contributed by atoms with E-state index >= 15 is 0 Å². The molecular weight excluding hydrogens is 472 g/mol. The number of hydrogen-bond donors (Lipinski definition) is 1. The van der Waals surface area contributed by atoms with Crippen molar-refractivity contribution in [1.82, 2.24) is 19.7 Å². The summed E-state index contributed by atoms with van der Waals surface area (Å²) in [4.78, 5) is 22.7. The van der Waals surface area contributed by atoms with Gasteiger partial charge in [0.05, 0.1) is 11.6 Å². The van der Waals surface area contributed by atoms with Crippen LogP contribution in [0.25, 0.3) is 11.6 Å². The fraction of sp³-hybridized carbons (Fsp3) is 0.387. The van der Waals surface area contributed by atoms with Gasteiger partial charge in [-0.1, -0.05) is 23.8 Å². The zero-order valence-corrected chi connectivity index (χ0v) is 23.1. The number of aryl methyl sites for hydroxylation is 1. The summed E-state index contributed by atoms with van der Waals surface area (Å²) in [7, 11) is 5.45. The van der Waals surface area contributed by atoms with E-state index in [9.17, 15) is 10.1 Å². The molecular formula is C31H38N6O. The second-order valence-electron chi connectivity index (χ2n) is 10.6. The molecule has 198 valence electrons. The second kappa shape index (κ2) is 11.8. The molecule has 7 nitrogen and oxygen atoms in total. The molecule has 1 amide bonds. The SMILES string of the molecule is C/C(=C\c1c(C2=CN(C)C(N)C(C#N)=C2)ccnc1C)CN1CCC(c2ccc(C(=O)N(C)C)cc2)CC1. The third-order valence-corrected chi connectivity index (χ3v) is 7.53. The summed E-state index contributed by atoms with van der Waals surface area (Å²) in [6.07, 6.45) is 9.73. The lowest BCUT2D eigenvalue weighted by molar-refractivity contribution is 0.0827. The van der Waals surface area contributed by atoms with Crippen molar-refractivity contribution < 1.29 is 4.79 Å². The number of nitrogens with two attached hydrogens (primary N) is 1. The Morgan fingerprint density at radius 2 is 1.89 bits per heavy atom. The molecule has 7 heteroatoms. The molecule has 4 rings (SSSR count).